The number of carbonyl (C=O) groups excluding carboxylic acids is 1. The number of nitrogens with zero attached hydrogens (tertiary/aromatic N) is 2. The normalized spacial score (nSPS) is 10.2. The van der Waals surface area contributed by atoms with E-state index in [1.54, 1.807) is 12.1 Å². The van der Waals surface area contributed by atoms with Gasteiger partial charge in [0.1, 0.15) is 5.82 Å². The van der Waals surface area contributed by atoms with Gasteiger partial charge >= 0.3 is 0 Å². The summed E-state index contributed by atoms with van der Waals surface area (Å²) in [6.45, 7) is 5.79. The van der Waals surface area contributed by atoms with Crippen molar-refractivity contribution < 1.29 is 4.79 Å². The molecule has 5 heteroatoms. The summed E-state index contributed by atoms with van der Waals surface area (Å²) < 4.78 is 0. The summed E-state index contributed by atoms with van der Waals surface area (Å²) in [5, 5.41) is 0. The van der Waals surface area contributed by atoms with Crippen LogP contribution >= 0.6 is 0 Å². The maximum absolute atomic E-state index is 11.3. The molecular formula is C11H18N4O. The summed E-state index contributed by atoms with van der Waals surface area (Å²) in [4.78, 5) is 17.6. The lowest BCUT2D eigenvalue weighted by Crippen LogP contribution is -2.32. The minimum atomic E-state index is -0.460. The van der Waals surface area contributed by atoms with Crippen LogP contribution in [0.1, 0.15) is 23.0 Å². The third-order valence-electron chi connectivity index (χ3n) is 2.36. The maximum Gasteiger partial charge on any atom is 0.252 e. The Hall–Kier alpha value is -1.62. The Bertz CT molecular complexity index is 378. The molecule has 0 aliphatic carbocycles. The van der Waals surface area contributed by atoms with Gasteiger partial charge in [-0.25, -0.2) is 4.98 Å². The van der Waals surface area contributed by atoms with Crippen molar-refractivity contribution in [2.75, 3.05) is 24.5 Å². The number of carbonyl (C=O) groups is 1. The molecule has 0 bridgehead atoms. The van der Waals surface area contributed by atoms with E-state index in [9.17, 15) is 4.79 Å². The van der Waals surface area contributed by atoms with Crippen LogP contribution in [-0.2, 0) is 0 Å². The van der Waals surface area contributed by atoms with Crippen molar-refractivity contribution in [1.82, 2.24) is 4.98 Å². The average molecular weight is 222 g/mol. The number of hydrogen-bond acceptors (Lipinski definition) is 4. The maximum atomic E-state index is 11.3. The summed E-state index contributed by atoms with van der Waals surface area (Å²) in [5.74, 6) is 0.165. The zero-order chi connectivity index (χ0) is 12.1. The molecule has 0 aromatic carbocycles. The Kier molecular flexibility index (Phi) is 4.25. The van der Waals surface area contributed by atoms with Crippen molar-refractivity contribution in [2.24, 2.45) is 11.5 Å². The number of nitrogens with two attached hydrogens (primary N) is 2. The van der Waals surface area contributed by atoms with Gasteiger partial charge in [0.15, 0.2) is 0 Å². The number of pyridine rings is 1. The second kappa shape index (κ2) is 5.46. The van der Waals surface area contributed by atoms with Crippen LogP contribution in [0.4, 0.5) is 5.82 Å². The molecule has 0 aliphatic rings. The van der Waals surface area contributed by atoms with Gasteiger partial charge in [-0.2, -0.15) is 0 Å². The molecule has 0 saturated heterocycles. The van der Waals surface area contributed by atoms with Crippen molar-refractivity contribution in [1.29, 1.82) is 0 Å². The van der Waals surface area contributed by atoms with Crippen LogP contribution in [0, 0.1) is 6.92 Å². The molecule has 5 nitrogen and oxygen atoms in total. The van der Waals surface area contributed by atoms with E-state index in [0.717, 1.165) is 12.2 Å². The van der Waals surface area contributed by atoms with Crippen LogP contribution in [0.5, 0.6) is 0 Å². The third kappa shape index (κ3) is 2.70. The number of hydrogen-bond donors (Lipinski definition) is 2. The van der Waals surface area contributed by atoms with Crippen LogP contribution in [0.25, 0.3) is 0 Å². The SMILES string of the molecule is CCN(CCN)c1nc(C)ccc1C(N)=O. The zero-order valence-electron chi connectivity index (χ0n) is 9.73. The summed E-state index contributed by atoms with van der Waals surface area (Å²) in [6, 6.07) is 3.49. The molecule has 0 radical (unpaired) electrons. The van der Waals surface area contributed by atoms with Crippen LogP contribution < -0.4 is 16.4 Å². The molecule has 0 unspecified atom stereocenters. The number of primary amides is 1. The van der Waals surface area contributed by atoms with E-state index in [1.165, 1.54) is 0 Å². The van der Waals surface area contributed by atoms with E-state index in [4.69, 9.17) is 11.5 Å². The number of anilines is 1. The standard InChI is InChI=1S/C11H18N4O/c1-3-15(7-6-12)11-9(10(13)16)5-4-8(2)14-11/h4-5H,3,6-7,12H2,1-2H3,(H2,13,16). The lowest BCUT2D eigenvalue weighted by atomic mass is 10.2. The van der Waals surface area contributed by atoms with Crippen LogP contribution in [0.15, 0.2) is 12.1 Å². The van der Waals surface area contributed by atoms with Crippen LogP contribution in [0.3, 0.4) is 0 Å². The molecule has 0 spiro atoms. The third-order valence-corrected chi connectivity index (χ3v) is 2.36. The van der Waals surface area contributed by atoms with Gasteiger partial charge in [-0.1, -0.05) is 0 Å². The lowest BCUT2D eigenvalue weighted by Gasteiger charge is -2.23. The summed E-state index contributed by atoms with van der Waals surface area (Å²) in [7, 11) is 0. The van der Waals surface area contributed by atoms with E-state index >= 15 is 0 Å². The predicted molar refractivity (Wildman–Crippen MR) is 64.4 cm³/mol. The van der Waals surface area contributed by atoms with Gasteiger partial charge < -0.3 is 16.4 Å². The van der Waals surface area contributed by atoms with Gasteiger partial charge in [0.2, 0.25) is 0 Å². The van der Waals surface area contributed by atoms with Crippen molar-refractivity contribution in [2.45, 2.75) is 13.8 Å². The highest BCUT2D eigenvalue weighted by Crippen LogP contribution is 2.17. The van der Waals surface area contributed by atoms with Crippen LogP contribution in [0.2, 0.25) is 0 Å². The number of aryl methyl sites for hydroxylation is 1. The predicted octanol–water partition coefficient (Wildman–Crippen LogP) is 0.274. The molecule has 1 amide bonds. The van der Waals surface area contributed by atoms with Crippen LogP contribution in [-0.4, -0.2) is 30.5 Å². The molecule has 16 heavy (non-hydrogen) atoms. The Labute approximate surface area is 95.4 Å². The lowest BCUT2D eigenvalue weighted by molar-refractivity contribution is 0.100. The molecule has 4 N–H and O–H groups in total. The van der Waals surface area contributed by atoms with E-state index in [-0.39, 0.29) is 0 Å². The van der Waals surface area contributed by atoms with E-state index in [2.05, 4.69) is 4.98 Å². The fourth-order valence-electron chi connectivity index (χ4n) is 1.55. The van der Waals surface area contributed by atoms with Crippen molar-refractivity contribution in [3.8, 4) is 0 Å². The average Bonchev–Trinajstić information content (AvgIpc) is 2.25. The monoisotopic (exact) mass is 222 g/mol. The Morgan fingerprint density at radius 3 is 2.69 bits per heavy atom. The van der Waals surface area contributed by atoms with Crippen molar-refractivity contribution in [3.63, 3.8) is 0 Å². The van der Waals surface area contributed by atoms with Gasteiger partial charge in [0.25, 0.3) is 5.91 Å². The Morgan fingerprint density at radius 1 is 1.50 bits per heavy atom. The Morgan fingerprint density at radius 2 is 2.19 bits per heavy atom. The van der Waals surface area contributed by atoms with Gasteiger partial charge in [-0.05, 0) is 26.0 Å². The summed E-state index contributed by atoms with van der Waals surface area (Å²) in [5.41, 5.74) is 12.1. The molecule has 0 atom stereocenters. The number of likely N-dealkylation sites (N-methyl/N-ethyl adjacent to an activating group) is 1. The summed E-state index contributed by atoms with van der Waals surface area (Å²) >= 11 is 0. The molecule has 88 valence electrons. The molecule has 1 rings (SSSR count). The molecule has 0 saturated carbocycles. The Balaban J connectivity index is 3.16. The van der Waals surface area contributed by atoms with Gasteiger partial charge in [0, 0.05) is 25.3 Å². The highest BCUT2D eigenvalue weighted by Gasteiger charge is 2.14. The van der Waals surface area contributed by atoms with E-state index in [0.29, 0.717) is 24.5 Å². The molecule has 1 aromatic heterocycles. The smallest absolute Gasteiger partial charge is 0.252 e. The van der Waals surface area contributed by atoms with E-state index in [1.807, 2.05) is 18.7 Å². The van der Waals surface area contributed by atoms with Gasteiger partial charge in [-0.3, -0.25) is 4.79 Å². The van der Waals surface area contributed by atoms with Crippen molar-refractivity contribution >= 4 is 11.7 Å². The molecule has 1 heterocycles. The van der Waals surface area contributed by atoms with Gasteiger partial charge in [-0.15, -0.1) is 0 Å². The first-order valence-corrected chi connectivity index (χ1v) is 5.32. The first kappa shape index (κ1) is 12.4. The first-order valence-electron chi connectivity index (χ1n) is 5.32. The quantitative estimate of drug-likeness (QED) is 0.749. The second-order valence-electron chi connectivity index (χ2n) is 3.56. The first-order chi connectivity index (χ1) is 7.60. The highest BCUT2D eigenvalue weighted by molar-refractivity contribution is 5.97. The number of aromatic nitrogens is 1. The molecule has 0 aliphatic heterocycles. The summed E-state index contributed by atoms with van der Waals surface area (Å²) in [6.07, 6.45) is 0. The largest absolute Gasteiger partial charge is 0.365 e. The number of rotatable bonds is 5. The molecule has 1 aromatic rings. The fraction of sp³-hybridized carbons (Fsp3) is 0.455. The number of amides is 1. The minimum absolute atomic E-state index is 0.445. The van der Waals surface area contributed by atoms with E-state index < -0.39 is 5.91 Å². The minimum Gasteiger partial charge on any atom is -0.365 e. The molecular weight excluding hydrogens is 204 g/mol. The highest BCUT2D eigenvalue weighted by atomic mass is 16.1. The van der Waals surface area contributed by atoms with Crippen molar-refractivity contribution in [3.05, 3.63) is 23.4 Å². The topological polar surface area (TPSA) is 85.2 Å². The second-order valence-corrected chi connectivity index (χ2v) is 3.56. The zero-order valence-corrected chi connectivity index (χ0v) is 9.73. The fourth-order valence-corrected chi connectivity index (χ4v) is 1.55. The molecule has 0 fully saturated rings. The van der Waals surface area contributed by atoms with Gasteiger partial charge in [0.05, 0.1) is 5.56 Å².